The minimum atomic E-state index is -1.06. The van der Waals surface area contributed by atoms with E-state index in [-0.39, 0.29) is 11.6 Å². The van der Waals surface area contributed by atoms with Crippen molar-refractivity contribution < 1.29 is 14.7 Å². The van der Waals surface area contributed by atoms with E-state index in [1.165, 1.54) is 11.0 Å². The average molecular weight is 273 g/mol. The zero-order valence-electron chi connectivity index (χ0n) is 11.3. The fourth-order valence-electron chi connectivity index (χ4n) is 1.88. The fraction of sp³-hybridized carbons (Fsp3) is 0.214. The number of carboxylic acid groups (broad SMARTS) is 1. The molecule has 6 nitrogen and oxygen atoms in total. The largest absolute Gasteiger partial charge is 0.477 e. The van der Waals surface area contributed by atoms with E-state index < -0.39 is 5.97 Å². The Bertz CT molecular complexity index is 632. The minimum Gasteiger partial charge on any atom is -0.477 e. The highest BCUT2D eigenvalue weighted by molar-refractivity contribution is 5.97. The first-order valence-electron chi connectivity index (χ1n) is 6.03. The first-order chi connectivity index (χ1) is 9.49. The molecule has 0 aromatic carbocycles. The third-order valence-corrected chi connectivity index (χ3v) is 2.87. The number of hydrogen-bond acceptors (Lipinski definition) is 3. The maximum Gasteiger partial charge on any atom is 0.352 e. The number of carboxylic acids is 1. The predicted molar refractivity (Wildman–Crippen MR) is 72.7 cm³/mol. The van der Waals surface area contributed by atoms with Gasteiger partial charge in [0.25, 0.3) is 5.91 Å². The summed E-state index contributed by atoms with van der Waals surface area (Å²) >= 11 is 0. The van der Waals surface area contributed by atoms with Gasteiger partial charge < -0.3 is 14.6 Å². The quantitative estimate of drug-likeness (QED) is 0.912. The van der Waals surface area contributed by atoms with Gasteiger partial charge in [-0.3, -0.25) is 9.78 Å². The molecule has 0 saturated heterocycles. The maximum atomic E-state index is 11.9. The van der Waals surface area contributed by atoms with Crippen molar-refractivity contribution in [1.82, 2.24) is 14.5 Å². The number of hydrogen-bond donors (Lipinski definition) is 1. The second-order valence-corrected chi connectivity index (χ2v) is 4.60. The van der Waals surface area contributed by atoms with Gasteiger partial charge in [-0.1, -0.05) is 0 Å². The number of aromatic nitrogens is 2. The van der Waals surface area contributed by atoms with E-state index in [4.69, 9.17) is 0 Å². The Hall–Kier alpha value is -2.63. The minimum absolute atomic E-state index is 0.0898. The van der Waals surface area contributed by atoms with Crippen LogP contribution in [0.15, 0.2) is 36.8 Å². The molecule has 0 radical (unpaired) electrons. The van der Waals surface area contributed by atoms with Gasteiger partial charge in [-0.15, -0.1) is 0 Å². The molecule has 0 aliphatic heterocycles. The van der Waals surface area contributed by atoms with Crippen LogP contribution in [0.5, 0.6) is 0 Å². The van der Waals surface area contributed by atoms with E-state index >= 15 is 0 Å². The van der Waals surface area contributed by atoms with Crippen LogP contribution in [0, 0.1) is 0 Å². The Kier molecular flexibility index (Phi) is 3.84. The standard InChI is InChI=1S/C14H15N3O3/c1-16(2)13(18)11-7-12(14(19)20)17(9-11)8-10-3-5-15-6-4-10/h3-7,9H,8H2,1-2H3,(H,19,20). The van der Waals surface area contributed by atoms with Crippen LogP contribution in [0.3, 0.4) is 0 Å². The van der Waals surface area contributed by atoms with Crippen LogP contribution < -0.4 is 0 Å². The molecular weight excluding hydrogens is 258 g/mol. The number of pyridine rings is 1. The molecule has 0 aliphatic carbocycles. The molecular formula is C14H15N3O3. The lowest BCUT2D eigenvalue weighted by molar-refractivity contribution is 0.0685. The van der Waals surface area contributed by atoms with Gasteiger partial charge in [-0.05, 0) is 23.8 Å². The van der Waals surface area contributed by atoms with Gasteiger partial charge in [0.15, 0.2) is 0 Å². The normalized spacial score (nSPS) is 10.3. The molecule has 2 aromatic rings. The molecule has 0 bridgehead atoms. The smallest absolute Gasteiger partial charge is 0.352 e. The highest BCUT2D eigenvalue weighted by Crippen LogP contribution is 2.13. The molecule has 0 atom stereocenters. The van der Waals surface area contributed by atoms with Crippen molar-refractivity contribution in [2.75, 3.05) is 14.1 Å². The van der Waals surface area contributed by atoms with E-state index in [0.29, 0.717) is 12.1 Å². The van der Waals surface area contributed by atoms with E-state index in [0.717, 1.165) is 5.56 Å². The van der Waals surface area contributed by atoms with E-state index in [9.17, 15) is 14.7 Å². The van der Waals surface area contributed by atoms with Crippen molar-refractivity contribution in [3.05, 3.63) is 53.6 Å². The molecule has 20 heavy (non-hydrogen) atoms. The number of rotatable bonds is 4. The molecule has 0 aliphatic rings. The molecule has 0 saturated carbocycles. The Balaban J connectivity index is 2.36. The SMILES string of the molecule is CN(C)C(=O)c1cc(C(=O)O)n(Cc2ccncc2)c1. The molecule has 104 valence electrons. The van der Waals surface area contributed by atoms with Crippen molar-refractivity contribution >= 4 is 11.9 Å². The van der Waals surface area contributed by atoms with Crippen molar-refractivity contribution in [3.8, 4) is 0 Å². The van der Waals surface area contributed by atoms with Gasteiger partial charge in [0.2, 0.25) is 0 Å². The fourth-order valence-corrected chi connectivity index (χ4v) is 1.88. The summed E-state index contributed by atoms with van der Waals surface area (Å²) in [6.45, 7) is 0.380. The van der Waals surface area contributed by atoms with Crippen LogP contribution in [0.25, 0.3) is 0 Å². The van der Waals surface area contributed by atoms with Gasteiger partial charge in [0, 0.05) is 39.2 Å². The lowest BCUT2D eigenvalue weighted by Crippen LogP contribution is -2.21. The molecule has 1 amide bonds. The second kappa shape index (κ2) is 5.56. The number of carbonyl (C=O) groups is 2. The summed E-state index contributed by atoms with van der Waals surface area (Å²) in [4.78, 5) is 28.5. The van der Waals surface area contributed by atoms with Crippen molar-refractivity contribution in [2.24, 2.45) is 0 Å². The first-order valence-corrected chi connectivity index (χ1v) is 6.03. The summed E-state index contributed by atoms with van der Waals surface area (Å²) in [7, 11) is 3.26. The third kappa shape index (κ3) is 2.85. The van der Waals surface area contributed by atoms with Crippen molar-refractivity contribution in [3.63, 3.8) is 0 Å². The van der Waals surface area contributed by atoms with Crippen LogP contribution in [0.4, 0.5) is 0 Å². The zero-order chi connectivity index (χ0) is 14.7. The van der Waals surface area contributed by atoms with Crippen molar-refractivity contribution in [1.29, 1.82) is 0 Å². The maximum absolute atomic E-state index is 11.9. The molecule has 2 aromatic heterocycles. The number of amides is 1. The van der Waals surface area contributed by atoms with Crippen LogP contribution in [0.1, 0.15) is 26.4 Å². The van der Waals surface area contributed by atoms with Gasteiger partial charge in [-0.25, -0.2) is 4.79 Å². The highest BCUT2D eigenvalue weighted by Gasteiger charge is 2.17. The van der Waals surface area contributed by atoms with Gasteiger partial charge >= 0.3 is 5.97 Å². The van der Waals surface area contributed by atoms with Crippen LogP contribution in [0.2, 0.25) is 0 Å². The second-order valence-electron chi connectivity index (χ2n) is 4.60. The van der Waals surface area contributed by atoms with E-state index in [1.807, 2.05) is 0 Å². The predicted octanol–water partition coefficient (Wildman–Crippen LogP) is 1.33. The van der Waals surface area contributed by atoms with E-state index in [1.54, 1.807) is 49.4 Å². The number of carbonyl (C=O) groups excluding carboxylic acids is 1. The zero-order valence-corrected chi connectivity index (χ0v) is 11.3. The Morgan fingerprint density at radius 1 is 1.30 bits per heavy atom. The lowest BCUT2D eigenvalue weighted by atomic mass is 10.2. The van der Waals surface area contributed by atoms with Crippen molar-refractivity contribution in [2.45, 2.75) is 6.54 Å². The Morgan fingerprint density at radius 2 is 1.95 bits per heavy atom. The summed E-state index contributed by atoms with van der Waals surface area (Å²) in [5.74, 6) is -1.28. The number of nitrogens with zero attached hydrogens (tertiary/aromatic N) is 3. The van der Waals surface area contributed by atoms with Crippen LogP contribution in [-0.4, -0.2) is 45.5 Å². The van der Waals surface area contributed by atoms with Crippen LogP contribution in [-0.2, 0) is 6.54 Å². The summed E-state index contributed by atoms with van der Waals surface area (Å²) < 4.78 is 1.55. The lowest BCUT2D eigenvalue weighted by Gasteiger charge is -2.08. The molecule has 6 heteroatoms. The number of aromatic carboxylic acids is 1. The molecule has 2 rings (SSSR count). The molecule has 1 N–H and O–H groups in total. The van der Waals surface area contributed by atoms with Crippen LogP contribution >= 0.6 is 0 Å². The molecule has 0 spiro atoms. The molecule has 0 fully saturated rings. The Labute approximate surface area is 116 Å². The van der Waals surface area contributed by atoms with E-state index in [2.05, 4.69) is 4.98 Å². The average Bonchev–Trinajstić information content (AvgIpc) is 2.83. The summed E-state index contributed by atoms with van der Waals surface area (Å²) in [6.07, 6.45) is 4.85. The van der Waals surface area contributed by atoms with Gasteiger partial charge in [-0.2, -0.15) is 0 Å². The van der Waals surface area contributed by atoms with Gasteiger partial charge in [0.1, 0.15) is 5.69 Å². The highest BCUT2D eigenvalue weighted by atomic mass is 16.4. The Morgan fingerprint density at radius 3 is 2.50 bits per heavy atom. The van der Waals surface area contributed by atoms with Gasteiger partial charge in [0.05, 0.1) is 5.56 Å². The topological polar surface area (TPSA) is 75.4 Å². The summed E-state index contributed by atoms with van der Waals surface area (Å²) in [5, 5.41) is 9.22. The first kappa shape index (κ1) is 13.8. The summed E-state index contributed by atoms with van der Waals surface area (Å²) in [5.41, 5.74) is 1.37. The molecule has 2 heterocycles. The molecule has 0 unspecified atom stereocenters. The monoisotopic (exact) mass is 273 g/mol. The summed E-state index contributed by atoms with van der Waals surface area (Å²) in [6, 6.07) is 5.00. The third-order valence-electron chi connectivity index (χ3n) is 2.87.